The van der Waals surface area contributed by atoms with Gasteiger partial charge >= 0.3 is 5.97 Å². The molecule has 0 unspecified atom stereocenters. The molecule has 3 heterocycles. The highest BCUT2D eigenvalue weighted by Gasteiger charge is 2.22. The molecule has 0 atom stereocenters. The van der Waals surface area contributed by atoms with Gasteiger partial charge < -0.3 is 4.74 Å². The number of nitrogens with zero attached hydrogens (tertiary/aromatic N) is 3. The molecule has 0 fully saturated rings. The highest BCUT2D eigenvalue weighted by atomic mass is 35.5. The van der Waals surface area contributed by atoms with Crippen LogP contribution in [0.4, 0.5) is 4.39 Å². The fourth-order valence-corrected chi connectivity index (χ4v) is 2.78. The Labute approximate surface area is 150 Å². The first kappa shape index (κ1) is 17.4. The van der Waals surface area contributed by atoms with E-state index in [9.17, 15) is 14.0 Å². The molecule has 10 heteroatoms. The molecule has 25 heavy (non-hydrogen) atoms. The minimum atomic E-state index is -0.807. The van der Waals surface area contributed by atoms with Crippen LogP contribution in [-0.4, -0.2) is 32.2 Å². The van der Waals surface area contributed by atoms with Gasteiger partial charge in [0.15, 0.2) is 16.6 Å². The molecule has 3 rings (SSSR count). The maximum Gasteiger partial charge on any atom is 0.343 e. The standard InChI is InChI=1S/C15H11Cl2FN4O3/c1-3-25-15(24)11-6(2)21-22-10(23)5-9(19-14(11)22)7-4-8(18)13(17)20-12(7)16/h4-5,21H,3H2,1-2H3. The third kappa shape index (κ3) is 2.98. The van der Waals surface area contributed by atoms with Crippen LogP contribution in [-0.2, 0) is 4.74 Å². The van der Waals surface area contributed by atoms with E-state index in [1.807, 2.05) is 0 Å². The summed E-state index contributed by atoms with van der Waals surface area (Å²) >= 11 is 11.6. The second-order valence-corrected chi connectivity index (χ2v) is 5.79. The Morgan fingerprint density at radius 1 is 1.32 bits per heavy atom. The molecule has 0 spiro atoms. The monoisotopic (exact) mass is 384 g/mol. The van der Waals surface area contributed by atoms with Crippen molar-refractivity contribution < 1.29 is 13.9 Å². The number of esters is 1. The van der Waals surface area contributed by atoms with E-state index in [-0.39, 0.29) is 34.2 Å². The Bertz CT molecular complexity index is 1060. The van der Waals surface area contributed by atoms with Crippen molar-refractivity contribution in [3.05, 3.63) is 49.9 Å². The van der Waals surface area contributed by atoms with Gasteiger partial charge in [-0.15, -0.1) is 0 Å². The summed E-state index contributed by atoms with van der Waals surface area (Å²) < 4.78 is 19.8. The number of aryl methyl sites for hydroxylation is 1. The minimum absolute atomic E-state index is 0.0462. The number of H-pyrrole nitrogens is 1. The van der Waals surface area contributed by atoms with E-state index >= 15 is 0 Å². The van der Waals surface area contributed by atoms with Gasteiger partial charge in [-0.25, -0.2) is 23.7 Å². The fraction of sp³-hybridized carbons (Fsp3) is 0.200. The maximum atomic E-state index is 13.7. The van der Waals surface area contributed by atoms with Crippen molar-refractivity contribution in [2.75, 3.05) is 6.61 Å². The highest BCUT2D eigenvalue weighted by Crippen LogP contribution is 2.28. The number of hydrogen-bond donors (Lipinski definition) is 1. The molecule has 0 aliphatic rings. The molecule has 0 aliphatic heterocycles. The van der Waals surface area contributed by atoms with Crippen molar-refractivity contribution in [3.8, 4) is 11.3 Å². The van der Waals surface area contributed by atoms with Gasteiger partial charge in [-0.1, -0.05) is 23.2 Å². The number of carbonyl (C=O) groups is 1. The first-order valence-electron chi connectivity index (χ1n) is 7.15. The molecule has 0 saturated heterocycles. The molecule has 0 bridgehead atoms. The summed E-state index contributed by atoms with van der Waals surface area (Å²) in [5, 5.41) is 2.24. The predicted octanol–water partition coefficient (Wildman–Crippen LogP) is 3.02. The molecule has 0 amide bonds. The number of aromatic amines is 1. The highest BCUT2D eigenvalue weighted by molar-refractivity contribution is 6.34. The van der Waals surface area contributed by atoms with Crippen LogP contribution in [0.1, 0.15) is 23.0 Å². The van der Waals surface area contributed by atoms with E-state index in [0.29, 0.717) is 5.69 Å². The van der Waals surface area contributed by atoms with Crippen molar-refractivity contribution in [2.45, 2.75) is 13.8 Å². The van der Waals surface area contributed by atoms with E-state index in [4.69, 9.17) is 27.9 Å². The zero-order chi connectivity index (χ0) is 18.3. The first-order chi connectivity index (χ1) is 11.8. The van der Waals surface area contributed by atoms with Crippen LogP contribution in [0, 0.1) is 12.7 Å². The van der Waals surface area contributed by atoms with Crippen LogP contribution in [0.2, 0.25) is 10.3 Å². The maximum absolute atomic E-state index is 13.7. The largest absolute Gasteiger partial charge is 0.462 e. The summed E-state index contributed by atoms with van der Waals surface area (Å²) in [4.78, 5) is 32.4. The summed E-state index contributed by atoms with van der Waals surface area (Å²) in [6.45, 7) is 3.43. The molecule has 3 aromatic rings. The normalized spacial score (nSPS) is 11.1. The summed E-state index contributed by atoms with van der Waals surface area (Å²) in [5.74, 6) is -1.44. The van der Waals surface area contributed by atoms with Crippen LogP contribution in [0.15, 0.2) is 16.9 Å². The lowest BCUT2D eigenvalue weighted by Crippen LogP contribution is -2.15. The summed E-state index contributed by atoms with van der Waals surface area (Å²) in [7, 11) is 0. The quantitative estimate of drug-likeness (QED) is 0.553. The lowest BCUT2D eigenvalue weighted by atomic mass is 10.2. The van der Waals surface area contributed by atoms with Crippen LogP contribution in [0.5, 0.6) is 0 Å². The van der Waals surface area contributed by atoms with Gasteiger partial charge in [0.1, 0.15) is 10.7 Å². The van der Waals surface area contributed by atoms with E-state index in [1.165, 1.54) is 0 Å². The Morgan fingerprint density at radius 2 is 2.04 bits per heavy atom. The topological polar surface area (TPSA) is 89.4 Å². The Kier molecular flexibility index (Phi) is 4.49. The second kappa shape index (κ2) is 6.45. The molecule has 3 aromatic heterocycles. The van der Waals surface area contributed by atoms with Crippen molar-refractivity contribution in [1.29, 1.82) is 0 Å². The number of ether oxygens (including phenoxy) is 1. The lowest BCUT2D eigenvalue weighted by Gasteiger charge is -2.05. The minimum Gasteiger partial charge on any atom is -0.462 e. The molecule has 0 aliphatic carbocycles. The van der Waals surface area contributed by atoms with Gasteiger partial charge in [-0.2, -0.15) is 0 Å². The number of fused-ring (bicyclic) bond motifs is 1. The molecular formula is C15H11Cl2FN4O3. The molecule has 0 radical (unpaired) electrons. The average molecular weight is 385 g/mol. The smallest absolute Gasteiger partial charge is 0.343 e. The number of rotatable bonds is 3. The average Bonchev–Trinajstić information content (AvgIpc) is 2.88. The Hall–Kier alpha value is -2.45. The molecule has 130 valence electrons. The fourth-order valence-electron chi connectivity index (χ4n) is 2.36. The van der Waals surface area contributed by atoms with Gasteiger partial charge in [0.25, 0.3) is 5.56 Å². The summed E-state index contributed by atoms with van der Waals surface area (Å²) in [6.07, 6.45) is 0. The van der Waals surface area contributed by atoms with E-state index in [2.05, 4.69) is 15.1 Å². The van der Waals surface area contributed by atoms with Crippen molar-refractivity contribution in [2.24, 2.45) is 0 Å². The number of aromatic nitrogens is 4. The second-order valence-electron chi connectivity index (χ2n) is 5.07. The summed E-state index contributed by atoms with van der Waals surface area (Å²) in [6, 6.07) is 2.17. The van der Waals surface area contributed by atoms with Gasteiger partial charge in [-0.05, 0) is 19.9 Å². The van der Waals surface area contributed by atoms with Gasteiger partial charge in [0, 0.05) is 17.3 Å². The Balaban J connectivity index is 2.29. The number of carbonyl (C=O) groups excluding carboxylic acids is 1. The molecule has 0 aromatic carbocycles. The van der Waals surface area contributed by atoms with Crippen LogP contribution < -0.4 is 5.56 Å². The van der Waals surface area contributed by atoms with Crippen molar-refractivity contribution >= 4 is 34.8 Å². The predicted molar refractivity (Wildman–Crippen MR) is 89.7 cm³/mol. The summed E-state index contributed by atoms with van der Waals surface area (Å²) in [5.41, 5.74) is 0.195. The molecular weight excluding hydrogens is 374 g/mol. The van der Waals surface area contributed by atoms with Crippen molar-refractivity contribution in [1.82, 2.24) is 19.6 Å². The molecule has 7 nitrogen and oxygen atoms in total. The third-order valence-corrected chi connectivity index (χ3v) is 3.99. The lowest BCUT2D eigenvalue weighted by molar-refractivity contribution is 0.0527. The van der Waals surface area contributed by atoms with Crippen LogP contribution in [0.25, 0.3) is 16.9 Å². The van der Waals surface area contributed by atoms with Crippen molar-refractivity contribution in [3.63, 3.8) is 0 Å². The van der Waals surface area contributed by atoms with Gasteiger partial charge in [0.05, 0.1) is 12.3 Å². The van der Waals surface area contributed by atoms with Gasteiger partial charge in [0.2, 0.25) is 0 Å². The zero-order valence-corrected chi connectivity index (χ0v) is 14.6. The zero-order valence-electron chi connectivity index (χ0n) is 13.1. The third-order valence-electron chi connectivity index (χ3n) is 3.44. The molecule has 1 N–H and O–H groups in total. The van der Waals surface area contributed by atoms with E-state index in [1.54, 1.807) is 13.8 Å². The van der Waals surface area contributed by atoms with E-state index in [0.717, 1.165) is 16.6 Å². The number of halogens is 3. The number of pyridine rings is 1. The Morgan fingerprint density at radius 3 is 2.72 bits per heavy atom. The van der Waals surface area contributed by atoms with Gasteiger partial charge in [-0.3, -0.25) is 9.89 Å². The van der Waals surface area contributed by atoms with E-state index < -0.39 is 22.5 Å². The number of hydrogen-bond acceptors (Lipinski definition) is 5. The number of nitrogens with one attached hydrogen (secondary N) is 1. The van der Waals surface area contributed by atoms with Crippen LogP contribution >= 0.6 is 23.2 Å². The molecule has 0 saturated carbocycles. The SMILES string of the molecule is CCOC(=O)c1c(C)[nH]n2c(=O)cc(-c3cc(F)c(Cl)nc3Cl)nc12. The first-order valence-corrected chi connectivity index (χ1v) is 7.90. The van der Waals surface area contributed by atoms with Crippen LogP contribution in [0.3, 0.4) is 0 Å².